The third-order valence-corrected chi connectivity index (χ3v) is 3.68. The predicted molar refractivity (Wildman–Crippen MR) is 94.4 cm³/mol. The Morgan fingerprint density at radius 1 is 0.880 bits per heavy atom. The summed E-state index contributed by atoms with van der Waals surface area (Å²) in [6.07, 6.45) is 4.29. The number of hydrogen-bond donors (Lipinski definition) is 1. The Balaban J connectivity index is 2.08. The van der Waals surface area contributed by atoms with Crippen LogP contribution >= 0.6 is 0 Å². The van der Waals surface area contributed by atoms with E-state index >= 15 is 0 Å². The van der Waals surface area contributed by atoms with Gasteiger partial charge in [-0.1, -0.05) is 50.5 Å². The second-order valence-electron chi connectivity index (χ2n) is 5.60. The zero-order chi connectivity index (χ0) is 18.1. The zero-order valence-electron chi connectivity index (χ0n) is 14.2. The van der Waals surface area contributed by atoms with Crippen molar-refractivity contribution in [1.29, 1.82) is 0 Å². The van der Waals surface area contributed by atoms with Crippen LogP contribution in [0.1, 0.15) is 53.3 Å². The Morgan fingerprint density at radius 2 is 1.52 bits per heavy atom. The average Bonchev–Trinajstić information content (AvgIpc) is 2.62. The van der Waals surface area contributed by atoms with Gasteiger partial charge in [-0.3, -0.25) is 0 Å². The number of carbonyl (C=O) groups is 2. The summed E-state index contributed by atoms with van der Waals surface area (Å²) in [5.41, 5.74) is 0.215. The number of carboxylic acid groups (broad SMARTS) is 1. The van der Waals surface area contributed by atoms with Crippen molar-refractivity contribution in [1.82, 2.24) is 0 Å². The SMILES string of the molecule is CCCCCCOc1ccccc1C(=O)Oc1ccccc1C(=O)O. The zero-order valence-corrected chi connectivity index (χ0v) is 14.2. The molecule has 0 heterocycles. The van der Waals surface area contributed by atoms with Crippen LogP contribution in [0.25, 0.3) is 0 Å². The van der Waals surface area contributed by atoms with Crippen LogP contribution in [-0.2, 0) is 0 Å². The molecule has 2 aromatic carbocycles. The molecule has 0 saturated carbocycles. The molecule has 2 rings (SSSR count). The van der Waals surface area contributed by atoms with E-state index in [4.69, 9.17) is 9.47 Å². The van der Waals surface area contributed by atoms with Gasteiger partial charge in [0.2, 0.25) is 0 Å². The molecule has 0 amide bonds. The van der Waals surface area contributed by atoms with Crippen LogP contribution in [0.3, 0.4) is 0 Å². The maximum atomic E-state index is 12.4. The summed E-state index contributed by atoms with van der Waals surface area (Å²) >= 11 is 0. The number of para-hydroxylation sites is 2. The summed E-state index contributed by atoms with van der Waals surface area (Å²) in [5.74, 6) is -1.34. The lowest BCUT2D eigenvalue weighted by atomic mass is 10.2. The Morgan fingerprint density at radius 3 is 2.20 bits per heavy atom. The number of hydrogen-bond acceptors (Lipinski definition) is 4. The van der Waals surface area contributed by atoms with E-state index in [1.165, 1.54) is 12.1 Å². The van der Waals surface area contributed by atoms with Crippen LogP contribution in [0.15, 0.2) is 48.5 Å². The molecule has 5 nitrogen and oxygen atoms in total. The van der Waals surface area contributed by atoms with Crippen molar-refractivity contribution in [3.8, 4) is 11.5 Å². The van der Waals surface area contributed by atoms with Gasteiger partial charge >= 0.3 is 11.9 Å². The van der Waals surface area contributed by atoms with Crippen LogP contribution in [-0.4, -0.2) is 23.7 Å². The van der Waals surface area contributed by atoms with Gasteiger partial charge in [-0.2, -0.15) is 0 Å². The number of esters is 1. The minimum atomic E-state index is -1.15. The maximum absolute atomic E-state index is 12.4. The molecule has 0 bridgehead atoms. The maximum Gasteiger partial charge on any atom is 0.347 e. The Bertz CT molecular complexity index is 724. The van der Waals surface area contributed by atoms with Crippen LogP contribution < -0.4 is 9.47 Å². The summed E-state index contributed by atoms with van der Waals surface area (Å²) < 4.78 is 11.0. The van der Waals surface area contributed by atoms with Gasteiger partial charge in [-0.25, -0.2) is 9.59 Å². The largest absolute Gasteiger partial charge is 0.493 e. The third kappa shape index (κ3) is 5.35. The molecule has 0 atom stereocenters. The molecule has 0 radical (unpaired) electrons. The Kier molecular flexibility index (Phi) is 7.01. The molecular weight excluding hydrogens is 320 g/mol. The van der Waals surface area contributed by atoms with Crippen LogP contribution in [0.2, 0.25) is 0 Å². The first-order chi connectivity index (χ1) is 12.1. The monoisotopic (exact) mass is 342 g/mol. The quantitative estimate of drug-likeness (QED) is 0.411. The first-order valence-electron chi connectivity index (χ1n) is 8.39. The van der Waals surface area contributed by atoms with E-state index in [-0.39, 0.29) is 16.9 Å². The van der Waals surface area contributed by atoms with Crippen LogP contribution in [0, 0.1) is 0 Å². The van der Waals surface area contributed by atoms with Crippen molar-refractivity contribution in [2.75, 3.05) is 6.61 Å². The molecule has 132 valence electrons. The van der Waals surface area contributed by atoms with E-state index in [9.17, 15) is 14.7 Å². The molecule has 0 aliphatic heterocycles. The van der Waals surface area contributed by atoms with E-state index in [0.717, 1.165) is 25.7 Å². The van der Waals surface area contributed by atoms with E-state index in [2.05, 4.69) is 6.92 Å². The average molecular weight is 342 g/mol. The van der Waals surface area contributed by atoms with Gasteiger partial charge in [-0.15, -0.1) is 0 Å². The molecule has 0 unspecified atom stereocenters. The van der Waals surface area contributed by atoms with Crippen molar-refractivity contribution >= 4 is 11.9 Å². The minimum absolute atomic E-state index is 0.0118. The molecule has 1 N–H and O–H groups in total. The van der Waals surface area contributed by atoms with E-state index < -0.39 is 11.9 Å². The fraction of sp³-hybridized carbons (Fsp3) is 0.300. The first kappa shape index (κ1) is 18.5. The summed E-state index contributed by atoms with van der Waals surface area (Å²) in [5, 5.41) is 9.17. The van der Waals surface area contributed by atoms with Crippen molar-refractivity contribution < 1.29 is 24.2 Å². The van der Waals surface area contributed by atoms with Gasteiger partial charge in [0.25, 0.3) is 0 Å². The number of unbranched alkanes of at least 4 members (excludes halogenated alkanes) is 3. The molecule has 25 heavy (non-hydrogen) atoms. The molecule has 5 heteroatoms. The highest BCUT2D eigenvalue weighted by molar-refractivity contribution is 5.96. The second kappa shape index (κ2) is 9.47. The van der Waals surface area contributed by atoms with Crippen molar-refractivity contribution in [3.05, 3.63) is 59.7 Å². The molecule has 2 aromatic rings. The molecule has 0 fully saturated rings. The predicted octanol–water partition coefficient (Wildman–Crippen LogP) is 4.56. The number of carbonyl (C=O) groups excluding carboxylic acids is 1. The first-order valence-corrected chi connectivity index (χ1v) is 8.39. The van der Waals surface area contributed by atoms with Crippen LogP contribution in [0.5, 0.6) is 11.5 Å². The number of aromatic carboxylic acids is 1. The Labute approximate surface area is 147 Å². The van der Waals surface area contributed by atoms with Crippen LogP contribution in [0.4, 0.5) is 0 Å². The fourth-order valence-corrected chi connectivity index (χ4v) is 2.36. The van der Waals surface area contributed by atoms with Crippen molar-refractivity contribution in [2.45, 2.75) is 32.6 Å². The fourth-order valence-electron chi connectivity index (χ4n) is 2.36. The van der Waals surface area contributed by atoms with E-state index in [0.29, 0.717) is 12.4 Å². The van der Waals surface area contributed by atoms with Gasteiger partial charge < -0.3 is 14.6 Å². The normalized spacial score (nSPS) is 10.3. The lowest BCUT2D eigenvalue weighted by Crippen LogP contribution is -2.13. The lowest BCUT2D eigenvalue weighted by molar-refractivity contribution is 0.0680. The standard InChI is InChI=1S/C20H22O5/c1-2-3-4-9-14-24-17-12-7-6-11-16(17)20(23)25-18-13-8-5-10-15(18)19(21)22/h5-8,10-13H,2-4,9,14H2,1H3,(H,21,22). The molecule has 0 aliphatic rings. The number of rotatable bonds is 9. The summed E-state index contributed by atoms with van der Waals surface area (Å²) in [7, 11) is 0. The van der Waals surface area contributed by atoms with Gasteiger partial charge in [0.1, 0.15) is 22.6 Å². The minimum Gasteiger partial charge on any atom is -0.493 e. The van der Waals surface area contributed by atoms with E-state index in [1.807, 2.05) is 0 Å². The highest BCUT2D eigenvalue weighted by Crippen LogP contribution is 2.23. The highest BCUT2D eigenvalue weighted by atomic mass is 16.5. The topological polar surface area (TPSA) is 72.8 Å². The number of carboxylic acids is 1. The van der Waals surface area contributed by atoms with E-state index in [1.54, 1.807) is 36.4 Å². The van der Waals surface area contributed by atoms with Crippen molar-refractivity contribution in [3.63, 3.8) is 0 Å². The summed E-state index contributed by atoms with van der Waals surface area (Å²) in [6.45, 7) is 2.66. The van der Waals surface area contributed by atoms with Crippen molar-refractivity contribution in [2.24, 2.45) is 0 Å². The third-order valence-electron chi connectivity index (χ3n) is 3.68. The Hall–Kier alpha value is -2.82. The molecule has 0 spiro atoms. The van der Waals surface area contributed by atoms with Gasteiger partial charge in [0.05, 0.1) is 6.61 Å². The molecule has 0 aromatic heterocycles. The summed E-state index contributed by atoms with van der Waals surface area (Å²) in [6, 6.07) is 12.8. The molecular formula is C20H22O5. The number of benzene rings is 2. The van der Waals surface area contributed by atoms with Gasteiger partial charge in [-0.05, 0) is 30.7 Å². The highest BCUT2D eigenvalue weighted by Gasteiger charge is 2.18. The number of ether oxygens (including phenoxy) is 2. The van der Waals surface area contributed by atoms with Gasteiger partial charge in [0.15, 0.2) is 0 Å². The molecule has 0 aliphatic carbocycles. The lowest BCUT2D eigenvalue weighted by Gasteiger charge is -2.12. The molecule has 0 saturated heterocycles. The second-order valence-corrected chi connectivity index (χ2v) is 5.60. The smallest absolute Gasteiger partial charge is 0.347 e. The summed E-state index contributed by atoms with van der Waals surface area (Å²) in [4.78, 5) is 23.7. The van der Waals surface area contributed by atoms with Gasteiger partial charge in [0, 0.05) is 0 Å².